The topological polar surface area (TPSA) is 113 Å². The summed E-state index contributed by atoms with van der Waals surface area (Å²) in [6.07, 6.45) is -2.91. The van der Waals surface area contributed by atoms with E-state index in [0.717, 1.165) is 6.07 Å². The maximum Gasteiger partial charge on any atom is 0.416 e. The monoisotopic (exact) mass is 522 g/mol. The second kappa shape index (κ2) is 10.4. The molecule has 12 heteroatoms. The SMILES string of the molecule is Cc1c([C@@H](C)NC(=O)c2cn(C3CCOCC3)c(=O)cc2NC2CN(C(=O)O)C2)cccc1C(F)(F)F. The van der Waals surface area contributed by atoms with Crippen molar-refractivity contribution in [1.82, 2.24) is 14.8 Å². The minimum Gasteiger partial charge on any atom is -0.465 e. The molecule has 2 aliphatic rings. The summed E-state index contributed by atoms with van der Waals surface area (Å²) in [6, 6.07) is 3.95. The molecule has 0 radical (unpaired) electrons. The van der Waals surface area contributed by atoms with Gasteiger partial charge in [0.15, 0.2) is 0 Å². The number of nitrogens with one attached hydrogen (secondary N) is 2. The lowest BCUT2D eigenvalue weighted by atomic mass is 9.97. The van der Waals surface area contributed by atoms with Gasteiger partial charge >= 0.3 is 12.3 Å². The van der Waals surface area contributed by atoms with Crippen molar-refractivity contribution in [2.24, 2.45) is 0 Å². The molecule has 3 N–H and O–H groups in total. The Labute approximate surface area is 211 Å². The number of likely N-dealkylation sites (tertiary alicyclic amines) is 1. The summed E-state index contributed by atoms with van der Waals surface area (Å²) >= 11 is 0. The molecule has 9 nitrogen and oxygen atoms in total. The highest BCUT2D eigenvalue weighted by molar-refractivity contribution is 5.99. The van der Waals surface area contributed by atoms with E-state index in [0.29, 0.717) is 31.6 Å². The molecule has 2 aromatic rings. The van der Waals surface area contributed by atoms with Gasteiger partial charge in [0.05, 0.1) is 28.9 Å². The molecule has 2 fully saturated rings. The van der Waals surface area contributed by atoms with Crippen LogP contribution in [-0.2, 0) is 10.9 Å². The fourth-order valence-corrected chi connectivity index (χ4v) is 4.82. The predicted octanol–water partition coefficient (Wildman–Crippen LogP) is 3.79. The van der Waals surface area contributed by atoms with Crippen molar-refractivity contribution < 1.29 is 32.6 Å². The number of pyridine rings is 1. The smallest absolute Gasteiger partial charge is 0.416 e. The molecular weight excluding hydrogens is 493 g/mol. The highest BCUT2D eigenvalue weighted by atomic mass is 19.4. The number of aromatic nitrogens is 1. The molecule has 0 unspecified atom stereocenters. The van der Waals surface area contributed by atoms with E-state index in [9.17, 15) is 27.6 Å². The molecular formula is C25H29F3N4O5. The lowest BCUT2D eigenvalue weighted by Crippen LogP contribution is -2.56. The number of nitrogens with zero attached hydrogens (tertiary/aromatic N) is 2. The van der Waals surface area contributed by atoms with Crippen molar-refractivity contribution in [2.45, 2.75) is 51.0 Å². The van der Waals surface area contributed by atoms with Gasteiger partial charge in [0.25, 0.3) is 11.5 Å². The second-order valence-electron chi connectivity index (χ2n) is 9.43. The molecule has 2 saturated heterocycles. The van der Waals surface area contributed by atoms with Crippen molar-refractivity contribution >= 4 is 17.7 Å². The summed E-state index contributed by atoms with van der Waals surface area (Å²) in [5.41, 5.74) is -0.343. The van der Waals surface area contributed by atoms with Crippen LogP contribution >= 0.6 is 0 Å². The Bertz CT molecular complexity index is 1230. The van der Waals surface area contributed by atoms with E-state index in [1.54, 1.807) is 6.92 Å². The Morgan fingerprint density at radius 2 is 1.86 bits per heavy atom. The van der Waals surface area contributed by atoms with E-state index in [1.165, 1.54) is 40.8 Å². The van der Waals surface area contributed by atoms with Crippen molar-refractivity contribution in [1.29, 1.82) is 0 Å². The molecule has 0 saturated carbocycles. The zero-order valence-corrected chi connectivity index (χ0v) is 20.5. The third kappa shape index (κ3) is 5.74. The van der Waals surface area contributed by atoms with Gasteiger partial charge in [0.2, 0.25) is 0 Å². The van der Waals surface area contributed by atoms with Gasteiger partial charge in [-0.25, -0.2) is 4.79 Å². The van der Waals surface area contributed by atoms with Gasteiger partial charge in [-0.15, -0.1) is 0 Å². The van der Waals surface area contributed by atoms with Crippen LogP contribution in [0.2, 0.25) is 0 Å². The van der Waals surface area contributed by atoms with E-state index in [-0.39, 0.29) is 47.5 Å². The van der Waals surface area contributed by atoms with Crippen LogP contribution in [0, 0.1) is 6.92 Å². The molecule has 0 spiro atoms. The summed E-state index contributed by atoms with van der Waals surface area (Å²) < 4.78 is 47.0. The number of hydrogen-bond acceptors (Lipinski definition) is 5. The van der Waals surface area contributed by atoms with Crippen LogP contribution < -0.4 is 16.2 Å². The van der Waals surface area contributed by atoms with Gasteiger partial charge in [0, 0.05) is 44.6 Å². The van der Waals surface area contributed by atoms with Gasteiger partial charge in [0.1, 0.15) is 0 Å². The molecule has 0 bridgehead atoms. The van der Waals surface area contributed by atoms with Gasteiger partial charge in [-0.05, 0) is 43.9 Å². The Morgan fingerprint density at radius 3 is 2.49 bits per heavy atom. The number of amides is 2. The molecule has 0 aliphatic carbocycles. The summed E-state index contributed by atoms with van der Waals surface area (Å²) in [5, 5.41) is 14.9. The normalized spacial score (nSPS) is 17.7. The molecule has 200 valence electrons. The fraction of sp³-hybridized carbons (Fsp3) is 0.480. The largest absolute Gasteiger partial charge is 0.465 e. The van der Waals surface area contributed by atoms with E-state index < -0.39 is 29.8 Å². The maximum absolute atomic E-state index is 13.4. The van der Waals surface area contributed by atoms with Gasteiger partial charge in [-0.2, -0.15) is 13.2 Å². The summed E-state index contributed by atoms with van der Waals surface area (Å²) in [7, 11) is 0. The number of alkyl halides is 3. The molecule has 1 aromatic carbocycles. The standard InChI is InChI=1S/C25H29F3N4O5/c1-14-18(4-3-5-20(14)25(26,27)28)15(2)29-23(34)19-13-32(17-6-8-37-9-7-17)22(33)10-21(19)30-16-11-31(12-16)24(35)36/h3-5,10,13,15-17,30H,6-9,11-12H2,1-2H3,(H,29,34)(H,35,36)/t15-/m1/s1. The Morgan fingerprint density at radius 1 is 1.19 bits per heavy atom. The Balaban J connectivity index is 1.62. The summed E-state index contributed by atoms with van der Waals surface area (Å²) in [4.78, 5) is 38.7. The molecule has 2 amide bonds. The number of carbonyl (C=O) groups excluding carboxylic acids is 1. The van der Waals surface area contributed by atoms with Crippen molar-refractivity contribution in [3.05, 3.63) is 63.1 Å². The van der Waals surface area contributed by atoms with Crippen molar-refractivity contribution in [2.75, 3.05) is 31.6 Å². The molecule has 3 heterocycles. The van der Waals surface area contributed by atoms with Crippen LogP contribution in [0.4, 0.5) is 23.7 Å². The summed E-state index contributed by atoms with van der Waals surface area (Å²) in [6.45, 7) is 4.32. The highest BCUT2D eigenvalue weighted by Gasteiger charge is 2.34. The van der Waals surface area contributed by atoms with Gasteiger partial charge in [-0.1, -0.05) is 12.1 Å². The first-order chi connectivity index (χ1) is 17.5. The average molecular weight is 523 g/mol. The summed E-state index contributed by atoms with van der Waals surface area (Å²) in [5.74, 6) is -0.568. The van der Waals surface area contributed by atoms with E-state index in [4.69, 9.17) is 9.84 Å². The number of anilines is 1. The van der Waals surface area contributed by atoms with E-state index in [2.05, 4.69) is 10.6 Å². The van der Waals surface area contributed by atoms with Crippen LogP contribution in [0.25, 0.3) is 0 Å². The van der Waals surface area contributed by atoms with Gasteiger partial charge < -0.3 is 29.9 Å². The van der Waals surface area contributed by atoms with Gasteiger partial charge in [-0.3, -0.25) is 9.59 Å². The lowest BCUT2D eigenvalue weighted by molar-refractivity contribution is -0.138. The fourth-order valence-electron chi connectivity index (χ4n) is 4.82. The maximum atomic E-state index is 13.4. The number of rotatable bonds is 6. The molecule has 2 aliphatic heterocycles. The predicted molar refractivity (Wildman–Crippen MR) is 129 cm³/mol. The highest BCUT2D eigenvalue weighted by Crippen LogP contribution is 2.34. The van der Waals surface area contributed by atoms with E-state index >= 15 is 0 Å². The van der Waals surface area contributed by atoms with E-state index in [1.807, 2.05) is 0 Å². The quantitative estimate of drug-likeness (QED) is 0.532. The second-order valence-corrected chi connectivity index (χ2v) is 9.43. The van der Waals surface area contributed by atoms with Crippen LogP contribution in [0.15, 0.2) is 35.3 Å². The Kier molecular flexibility index (Phi) is 7.49. The number of carbonyl (C=O) groups is 2. The van der Waals surface area contributed by atoms with Crippen LogP contribution in [0.1, 0.15) is 58.9 Å². The lowest BCUT2D eigenvalue weighted by Gasteiger charge is -2.38. The molecule has 1 aromatic heterocycles. The first-order valence-corrected chi connectivity index (χ1v) is 12.0. The van der Waals surface area contributed by atoms with Crippen LogP contribution in [0.5, 0.6) is 0 Å². The zero-order valence-electron chi connectivity index (χ0n) is 20.5. The average Bonchev–Trinajstić information content (AvgIpc) is 2.80. The molecule has 37 heavy (non-hydrogen) atoms. The van der Waals surface area contributed by atoms with Crippen LogP contribution in [-0.4, -0.2) is 58.9 Å². The zero-order chi connectivity index (χ0) is 26.9. The minimum absolute atomic E-state index is 0.0246. The molecule has 4 rings (SSSR count). The first-order valence-electron chi connectivity index (χ1n) is 12.0. The third-order valence-electron chi connectivity index (χ3n) is 6.92. The van der Waals surface area contributed by atoms with Crippen molar-refractivity contribution in [3.63, 3.8) is 0 Å². The minimum atomic E-state index is -4.52. The van der Waals surface area contributed by atoms with Crippen LogP contribution in [0.3, 0.4) is 0 Å². The first kappa shape index (κ1) is 26.5. The third-order valence-corrected chi connectivity index (χ3v) is 6.92. The van der Waals surface area contributed by atoms with Crippen molar-refractivity contribution in [3.8, 4) is 0 Å². The number of halogens is 3. The number of ether oxygens (including phenoxy) is 1. The number of carboxylic acid groups (broad SMARTS) is 1. The molecule has 1 atom stereocenters. The number of hydrogen-bond donors (Lipinski definition) is 3. The Hall–Kier alpha value is -3.54. The number of benzene rings is 1.